The number of hydrogen-bond acceptors (Lipinski definition) is 2. The van der Waals surface area contributed by atoms with E-state index in [2.05, 4.69) is 5.10 Å². The fourth-order valence-corrected chi connectivity index (χ4v) is 1.88. The number of hydrogen-bond donors (Lipinski definition) is 1. The first-order valence-corrected chi connectivity index (χ1v) is 5.62. The SMILES string of the molecule is Cn1nc(C(=O)O)cc1-c1cccc(CC(F)F)c1. The minimum absolute atomic E-state index is 0.0724. The van der Waals surface area contributed by atoms with Crippen LogP contribution in [0.25, 0.3) is 11.3 Å². The van der Waals surface area contributed by atoms with Gasteiger partial charge in [-0.05, 0) is 17.7 Å². The zero-order valence-corrected chi connectivity index (χ0v) is 10.2. The van der Waals surface area contributed by atoms with Crippen LogP contribution in [0.1, 0.15) is 16.1 Å². The van der Waals surface area contributed by atoms with Crippen LogP contribution in [0.2, 0.25) is 0 Å². The second kappa shape index (κ2) is 5.17. The number of aromatic nitrogens is 2. The fraction of sp³-hybridized carbons (Fsp3) is 0.231. The van der Waals surface area contributed by atoms with Crippen LogP contribution in [0.15, 0.2) is 30.3 Å². The molecule has 2 aromatic rings. The standard InChI is InChI=1S/C13H12F2N2O2/c1-17-11(7-10(16-17)13(18)19)9-4-2-3-8(5-9)6-12(14)15/h2-5,7,12H,6H2,1H3,(H,18,19). The van der Waals surface area contributed by atoms with Crippen LogP contribution in [0.4, 0.5) is 8.78 Å². The molecule has 0 amide bonds. The highest BCUT2D eigenvalue weighted by Crippen LogP contribution is 2.22. The van der Waals surface area contributed by atoms with Gasteiger partial charge < -0.3 is 5.11 Å². The highest BCUT2D eigenvalue weighted by atomic mass is 19.3. The van der Waals surface area contributed by atoms with E-state index in [1.807, 2.05) is 0 Å². The number of nitrogens with zero attached hydrogens (tertiary/aromatic N) is 2. The molecule has 0 aliphatic rings. The maximum absolute atomic E-state index is 12.3. The fourth-order valence-electron chi connectivity index (χ4n) is 1.88. The lowest BCUT2D eigenvalue weighted by atomic mass is 10.1. The molecule has 4 nitrogen and oxygen atoms in total. The number of aromatic carboxylic acids is 1. The molecule has 1 heterocycles. The Balaban J connectivity index is 2.38. The van der Waals surface area contributed by atoms with Gasteiger partial charge in [0.05, 0.1) is 5.69 Å². The number of carboxylic acid groups (broad SMARTS) is 1. The molecule has 19 heavy (non-hydrogen) atoms. The van der Waals surface area contributed by atoms with E-state index in [1.165, 1.54) is 10.7 Å². The third-order valence-corrected chi connectivity index (χ3v) is 2.71. The molecule has 0 aliphatic heterocycles. The molecule has 0 saturated heterocycles. The number of carboxylic acids is 1. The quantitative estimate of drug-likeness (QED) is 0.925. The minimum Gasteiger partial charge on any atom is -0.476 e. The molecule has 1 aromatic carbocycles. The van der Waals surface area contributed by atoms with Gasteiger partial charge in [-0.15, -0.1) is 0 Å². The van der Waals surface area contributed by atoms with Crippen molar-refractivity contribution in [2.24, 2.45) is 7.05 Å². The molecule has 1 N–H and O–H groups in total. The third kappa shape index (κ3) is 2.96. The number of alkyl halides is 2. The van der Waals surface area contributed by atoms with E-state index in [0.29, 0.717) is 16.8 Å². The van der Waals surface area contributed by atoms with E-state index in [-0.39, 0.29) is 12.1 Å². The molecule has 0 saturated carbocycles. The lowest BCUT2D eigenvalue weighted by Gasteiger charge is -2.05. The third-order valence-electron chi connectivity index (χ3n) is 2.71. The molecule has 1 aromatic heterocycles. The van der Waals surface area contributed by atoms with Crippen molar-refractivity contribution in [2.45, 2.75) is 12.8 Å². The van der Waals surface area contributed by atoms with Crippen molar-refractivity contribution in [1.82, 2.24) is 9.78 Å². The van der Waals surface area contributed by atoms with Crippen molar-refractivity contribution in [1.29, 1.82) is 0 Å². The summed E-state index contributed by atoms with van der Waals surface area (Å²) in [6.07, 6.45) is -2.73. The van der Waals surface area contributed by atoms with Crippen LogP contribution < -0.4 is 0 Å². The van der Waals surface area contributed by atoms with Gasteiger partial charge in [-0.1, -0.05) is 18.2 Å². The Morgan fingerprint density at radius 3 is 2.74 bits per heavy atom. The first-order valence-electron chi connectivity index (χ1n) is 5.62. The van der Waals surface area contributed by atoms with E-state index in [0.717, 1.165) is 0 Å². The molecule has 0 unspecified atom stereocenters. The van der Waals surface area contributed by atoms with Crippen molar-refractivity contribution in [3.8, 4) is 11.3 Å². The van der Waals surface area contributed by atoms with Crippen molar-refractivity contribution in [3.05, 3.63) is 41.6 Å². The van der Waals surface area contributed by atoms with Gasteiger partial charge >= 0.3 is 5.97 Å². The molecule has 0 bridgehead atoms. The largest absolute Gasteiger partial charge is 0.476 e. The molecular formula is C13H12F2N2O2. The molecule has 2 rings (SSSR count). The van der Waals surface area contributed by atoms with E-state index in [4.69, 9.17) is 5.11 Å². The summed E-state index contributed by atoms with van der Waals surface area (Å²) >= 11 is 0. The first kappa shape index (κ1) is 13.2. The number of aryl methyl sites for hydroxylation is 1. The Kier molecular flexibility index (Phi) is 3.59. The van der Waals surface area contributed by atoms with Crippen LogP contribution in [0, 0.1) is 0 Å². The van der Waals surface area contributed by atoms with Gasteiger partial charge in [0.2, 0.25) is 6.43 Å². The van der Waals surface area contributed by atoms with Gasteiger partial charge in [0, 0.05) is 19.0 Å². The number of carbonyl (C=O) groups is 1. The first-order chi connectivity index (χ1) is 8.97. The van der Waals surface area contributed by atoms with E-state index < -0.39 is 12.4 Å². The molecular weight excluding hydrogens is 254 g/mol. The molecule has 100 valence electrons. The van der Waals surface area contributed by atoms with Crippen molar-refractivity contribution in [3.63, 3.8) is 0 Å². The van der Waals surface area contributed by atoms with Crippen LogP contribution in [0.3, 0.4) is 0 Å². The zero-order chi connectivity index (χ0) is 14.0. The van der Waals surface area contributed by atoms with Gasteiger partial charge in [-0.2, -0.15) is 5.10 Å². The second-order valence-corrected chi connectivity index (χ2v) is 4.14. The molecule has 0 radical (unpaired) electrons. The van der Waals surface area contributed by atoms with Crippen molar-refractivity contribution in [2.75, 3.05) is 0 Å². The number of benzene rings is 1. The summed E-state index contributed by atoms with van der Waals surface area (Å²) in [5.41, 5.74) is 1.68. The summed E-state index contributed by atoms with van der Waals surface area (Å²) in [6.45, 7) is 0. The summed E-state index contributed by atoms with van der Waals surface area (Å²) in [4.78, 5) is 10.8. The normalized spacial score (nSPS) is 10.9. The van der Waals surface area contributed by atoms with Crippen LogP contribution in [0.5, 0.6) is 0 Å². The summed E-state index contributed by atoms with van der Waals surface area (Å²) in [7, 11) is 1.61. The topological polar surface area (TPSA) is 55.1 Å². The number of rotatable bonds is 4. The Labute approximate surface area is 108 Å². The van der Waals surface area contributed by atoms with Gasteiger partial charge in [0.15, 0.2) is 5.69 Å². The monoisotopic (exact) mass is 266 g/mol. The van der Waals surface area contributed by atoms with E-state index in [1.54, 1.807) is 31.3 Å². The molecule has 0 aliphatic carbocycles. The smallest absolute Gasteiger partial charge is 0.356 e. The summed E-state index contributed by atoms with van der Waals surface area (Å²) in [5, 5.41) is 12.7. The average molecular weight is 266 g/mol. The predicted molar refractivity (Wildman–Crippen MR) is 65.3 cm³/mol. The Hall–Kier alpha value is -2.24. The molecule has 0 spiro atoms. The summed E-state index contributed by atoms with van der Waals surface area (Å²) in [5.74, 6) is -1.12. The predicted octanol–water partition coefficient (Wildman–Crippen LogP) is 2.59. The summed E-state index contributed by atoms with van der Waals surface area (Å²) in [6, 6.07) is 8.06. The maximum atomic E-state index is 12.3. The van der Waals surface area contributed by atoms with Crippen LogP contribution >= 0.6 is 0 Å². The summed E-state index contributed by atoms with van der Waals surface area (Å²) < 4.78 is 26.1. The van der Waals surface area contributed by atoms with Crippen LogP contribution in [-0.2, 0) is 13.5 Å². The maximum Gasteiger partial charge on any atom is 0.356 e. The highest BCUT2D eigenvalue weighted by Gasteiger charge is 2.13. The minimum atomic E-state index is -2.41. The van der Waals surface area contributed by atoms with Crippen LogP contribution in [-0.4, -0.2) is 27.3 Å². The van der Waals surface area contributed by atoms with E-state index >= 15 is 0 Å². The van der Waals surface area contributed by atoms with E-state index in [9.17, 15) is 13.6 Å². The van der Waals surface area contributed by atoms with Crippen molar-refractivity contribution >= 4 is 5.97 Å². The van der Waals surface area contributed by atoms with Gasteiger partial charge in [0.1, 0.15) is 0 Å². The van der Waals surface area contributed by atoms with Gasteiger partial charge in [-0.25, -0.2) is 13.6 Å². The molecule has 6 heteroatoms. The molecule has 0 fully saturated rings. The Bertz CT molecular complexity index is 608. The van der Waals surface area contributed by atoms with Gasteiger partial charge in [-0.3, -0.25) is 4.68 Å². The Morgan fingerprint density at radius 1 is 1.42 bits per heavy atom. The van der Waals surface area contributed by atoms with Gasteiger partial charge in [0.25, 0.3) is 0 Å². The second-order valence-electron chi connectivity index (χ2n) is 4.14. The molecule has 0 atom stereocenters. The average Bonchev–Trinajstić information content (AvgIpc) is 2.71. The lowest BCUT2D eigenvalue weighted by Crippen LogP contribution is -1.99. The highest BCUT2D eigenvalue weighted by molar-refractivity contribution is 5.87. The van der Waals surface area contributed by atoms with Crippen molar-refractivity contribution < 1.29 is 18.7 Å². The zero-order valence-electron chi connectivity index (χ0n) is 10.2. The Morgan fingerprint density at radius 2 is 2.16 bits per heavy atom. The lowest BCUT2D eigenvalue weighted by molar-refractivity contribution is 0.0689. The number of halogens is 2.